The summed E-state index contributed by atoms with van der Waals surface area (Å²) in [7, 11) is 0. The maximum Gasteiger partial charge on any atom is 0.0933 e. The van der Waals surface area contributed by atoms with Crippen LogP contribution in [0.15, 0.2) is 30.3 Å². The van der Waals surface area contributed by atoms with Crippen LogP contribution in [-0.2, 0) is 16.2 Å². The highest BCUT2D eigenvalue weighted by Crippen LogP contribution is 2.14. The van der Waals surface area contributed by atoms with Crippen LogP contribution in [0, 0.1) is 0 Å². The average Bonchev–Trinajstić information content (AvgIpc) is 2.83. The number of hydrogen-bond acceptors (Lipinski definition) is 3. The average molecular weight is 221 g/mol. The first-order valence-electron chi connectivity index (χ1n) is 5.95. The van der Waals surface area contributed by atoms with E-state index in [9.17, 15) is 0 Å². The molecule has 1 heterocycles. The largest absolute Gasteiger partial charge is 0.378 e. The summed E-state index contributed by atoms with van der Waals surface area (Å²) < 4.78 is 5.52. The van der Waals surface area contributed by atoms with Crippen LogP contribution < -0.4 is 5.48 Å². The van der Waals surface area contributed by atoms with Crippen molar-refractivity contribution in [3.05, 3.63) is 35.9 Å². The van der Waals surface area contributed by atoms with Gasteiger partial charge in [-0.1, -0.05) is 30.3 Å². The Balaban J connectivity index is 1.52. The Kier molecular flexibility index (Phi) is 4.80. The van der Waals surface area contributed by atoms with Crippen LogP contribution in [0.3, 0.4) is 0 Å². The number of ether oxygens (including phenoxy) is 1. The zero-order valence-electron chi connectivity index (χ0n) is 9.52. The maximum absolute atomic E-state index is 5.52. The number of hydrogen-bond donors (Lipinski definition) is 1. The molecule has 3 heteroatoms. The molecule has 1 unspecified atom stereocenters. The lowest BCUT2D eigenvalue weighted by molar-refractivity contribution is 0.0163. The van der Waals surface area contributed by atoms with Gasteiger partial charge in [0.05, 0.1) is 12.7 Å². The molecule has 1 aliphatic rings. The summed E-state index contributed by atoms with van der Waals surface area (Å²) in [6, 6.07) is 10.2. The van der Waals surface area contributed by atoms with Crippen LogP contribution in [0.4, 0.5) is 0 Å². The first-order valence-corrected chi connectivity index (χ1v) is 5.95. The summed E-state index contributed by atoms with van der Waals surface area (Å²) in [6.45, 7) is 2.40. The van der Waals surface area contributed by atoms with Crippen LogP contribution in [-0.4, -0.2) is 19.3 Å². The van der Waals surface area contributed by atoms with Gasteiger partial charge in [-0.2, -0.15) is 0 Å². The molecule has 1 N–H and O–H groups in total. The molecule has 0 aromatic heterocycles. The van der Waals surface area contributed by atoms with Crippen molar-refractivity contribution in [2.45, 2.75) is 32.0 Å². The lowest BCUT2D eigenvalue weighted by Gasteiger charge is -2.10. The lowest BCUT2D eigenvalue weighted by atomic mass is 10.2. The molecule has 0 spiro atoms. The molecule has 1 atom stereocenters. The molecule has 1 saturated heterocycles. The van der Waals surface area contributed by atoms with Crippen molar-refractivity contribution in [3.63, 3.8) is 0 Å². The number of hydroxylamine groups is 1. The number of nitrogens with one attached hydrogen (secondary N) is 1. The quantitative estimate of drug-likeness (QED) is 0.590. The third-order valence-corrected chi connectivity index (χ3v) is 2.78. The normalized spacial score (nSPS) is 20.1. The predicted molar refractivity (Wildman–Crippen MR) is 62.8 cm³/mol. The molecule has 0 bridgehead atoms. The Morgan fingerprint density at radius 3 is 2.94 bits per heavy atom. The minimum absolute atomic E-state index is 0.438. The van der Waals surface area contributed by atoms with E-state index in [0.717, 1.165) is 19.6 Å². The molecule has 0 aliphatic carbocycles. The second kappa shape index (κ2) is 6.63. The number of rotatable bonds is 6. The summed E-state index contributed by atoms with van der Waals surface area (Å²) in [6.07, 6.45) is 3.87. The fourth-order valence-electron chi connectivity index (χ4n) is 1.87. The third kappa shape index (κ3) is 3.93. The lowest BCUT2D eigenvalue weighted by Crippen LogP contribution is -2.20. The second-order valence-electron chi connectivity index (χ2n) is 4.09. The van der Waals surface area contributed by atoms with Crippen molar-refractivity contribution >= 4 is 0 Å². The van der Waals surface area contributed by atoms with E-state index < -0.39 is 0 Å². The van der Waals surface area contributed by atoms with E-state index in [1.165, 1.54) is 18.4 Å². The molecule has 1 aliphatic heterocycles. The molecule has 88 valence electrons. The Morgan fingerprint density at radius 1 is 1.31 bits per heavy atom. The Hall–Kier alpha value is -0.900. The molecular formula is C13H19NO2. The summed E-state index contributed by atoms with van der Waals surface area (Å²) >= 11 is 0. The minimum atomic E-state index is 0.438. The first-order chi connectivity index (χ1) is 7.95. The Bertz CT molecular complexity index is 283. The summed E-state index contributed by atoms with van der Waals surface area (Å²) in [4.78, 5) is 5.37. The third-order valence-electron chi connectivity index (χ3n) is 2.78. The Labute approximate surface area is 96.7 Å². The molecule has 0 saturated carbocycles. The van der Waals surface area contributed by atoms with Gasteiger partial charge in [0.2, 0.25) is 0 Å². The molecule has 3 nitrogen and oxygen atoms in total. The van der Waals surface area contributed by atoms with Gasteiger partial charge in [-0.3, -0.25) is 4.84 Å². The van der Waals surface area contributed by atoms with Gasteiger partial charge in [-0.05, 0) is 24.8 Å². The van der Waals surface area contributed by atoms with Gasteiger partial charge < -0.3 is 4.74 Å². The van der Waals surface area contributed by atoms with Gasteiger partial charge >= 0.3 is 0 Å². The standard InChI is InChI=1S/C13H19NO2/c1-2-5-12(6-3-1)11-16-14-9-8-13-7-4-10-15-13/h1-3,5-6,13-14H,4,7-11H2. The molecule has 1 aromatic rings. The van der Waals surface area contributed by atoms with Gasteiger partial charge in [0.15, 0.2) is 0 Å². The zero-order valence-corrected chi connectivity index (χ0v) is 9.52. The fraction of sp³-hybridized carbons (Fsp3) is 0.538. The highest BCUT2D eigenvalue weighted by Gasteiger charge is 2.14. The summed E-state index contributed by atoms with van der Waals surface area (Å²) in [5.74, 6) is 0. The van der Waals surface area contributed by atoms with E-state index in [1.54, 1.807) is 0 Å². The van der Waals surface area contributed by atoms with E-state index >= 15 is 0 Å². The molecule has 1 aromatic carbocycles. The van der Waals surface area contributed by atoms with Crippen molar-refractivity contribution in [1.82, 2.24) is 5.48 Å². The Morgan fingerprint density at radius 2 is 2.19 bits per heavy atom. The van der Waals surface area contributed by atoms with E-state index in [4.69, 9.17) is 9.57 Å². The molecule has 0 radical (unpaired) electrons. The smallest absolute Gasteiger partial charge is 0.0933 e. The molecular weight excluding hydrogens is 202 g/mol. The van der Waals surface area contributed by atoms with Crippen molar-refractivity contribution < 1.29 is 9.57 Å². The van der Waals surface area contributed by atoms with Crippen LogP contribution in [0.5, 0.6) is 0 Å². The molecule has 0 amide bonds. The van der Waals surface area contributed by atoms with Crippen molar-refractivity contribution in [2.75, 3.05) is 13.2 Å². The SMILES string of the molecule is c1ccc(CONCCC2CCCO2)cc1. The van der Waals surface area contributed by atoms with Gasteiger partial charge in [-0.15, -0.1) is 0 Å². The molecule has 2 rings (SSSR count). The van der Waals surface area contributed by atoms with Gasteiger partial charge in [0, 0.05) is 13.2 Å². The van der Waals surface area contributed by atoms with Gasteiger partial charge in [0.1, 0.15) is 0 Å². The van der Waals surface area contributed by atoms with Gasteiger partial charge in [-0.25, -0.2) is 5.48 Å². The van der Waals surface area contributed by atoms with E-state index in [0.29, 0.717) is 12.7 Å². The summed E-state index contributed by atoms with van der Waals surface area (Å²) in [5, 5.41) is 0. The van der Waals surface area contributed by atoms with Gasteiger partial charge in [0.25, 0.3) is 0 Å². The molecule has 16 heavy (non-hydrogen) atoms. The first kappa shape index (κ1) is 11.6. The maximum atomic E-state index is 5.52. The van der Waals surface area contributed by atoms with Crippen molar-refractivity contribution in [2.24, 2.45) is 0 Å². The van der Waals surface area contributed by atoms with Crippen LogP contribution in [0.1, 0.15) is 24.8 Å². The van der Waals surface area contributed by atoms with E-state index in [2.05, 4.69) is 17.6 Å². The van der Waals surface area contributed by atoms with Crippen LogP contribution >= 0.6 is 0 Å². The molecule has 1 fully saturated rings. The number of benzene rings is 1. The minimum Gasteiger partial charge on any atom is -0.378 e. The zero-order chi connectivity index (χ0) is 11.1. The van der Waals surface area contributed by atoms with Crippen molar-refractivity contribution in [1.29, 1.82) is 0 Å². The highest BCUT2D eigenvalue weighted by molar-refractivity contribution is 5.13. The predicted octanol–water partition coefficient (Wildman–Crippen LogP) is 2.28. The highest BCUT2D eigenvalue weighted by atomic mass is 16.6. The second-order valence-corrected chi connectivity index (χ2v) is 4.09. The van der Waals surface area contributed by atoms with Crippen LogP contribution in [0.25, 0.3) is 0 Å². The van der Waals surface area contributed by atoms with E-state index in [1.807, 2.05) is 18.2 Å². The van der Waals surface area contributed by atoms with Crippen molar-refractivity contribution in [3.8, 4) is 0 Å². The van der Waals surface area contributed by atoms with Crippen LogP contribution in [0.2, 0.25) is 0 Å². The summed E-state index contributed by atoms with van der Waals surface area (Å²) in [5.41, 5.74) is 4.17. The van der Waals surface area contributed by atoms with E-state index in [-0.39, 0.29) is 0 Å². The monoisotopic (exact) mass is 221 g/mol. The topological polar surface area (TPSA) is 30.5 Å². The fourth-order valence-corrected chi connectivity index (χ4v) is 1.87.